The Morgan fingerprint density at radius 2 is 2.25 bits per heavy atom. The molecular formula is C11H15NO6S2. The van der Waals surface area contributed by atoms with E-state index in [1.54, 1.807) is 6.92 Å². The van der Waals surface area contributed by atoms with Crippen molar-refractivity contribution in [3.63, 3.8) is 0 Å². The van der Waals surface area contributed by atoms with E-state index in [4.69, 9.17) is 14.9 Å². The Kier molecular flexibility index (Phi) is 4.45. The van der Waals surface area contributed by atoms with Crippen molar-refractivity contribution in [2.45, 2.75) is 24.0 Å². The maximum absolute atomic E-state index is 12.4. The quantitative estimate of drug-likeness (QED) is 0.822. The van der Waals surface area contributed by atoms with Crippen LogP contribution in [0.2, 0.25) is 0 Å². The summed E-state index contributed by atoms with van der Waals surface area (Å²) in [4.78, 5) is 10.8. The molecule has 0 aromatic carbocycles. The van der Waals surface area contributed by atoms with Crippen LogP contribution in [0.5, 0.6) is 0 Å². The van der Waals surface area contributed by atoms with E-state index in [1.165, 1.54) is 9.69 Å². The van der Waals surface area contributed by atoms with Crippen LogP contribution in [0.1, 0.15) is 16.6 Å². The molecule has 112 valence electrons. The molecular weight excluding hydrogens is 306 g/mol. The molecule has 0 aliphatic carbocycles. The Morgan fingerprint density at radius 3 is 2.80 bits per heavy atom. The summed E-state index contributed by atoms with van der Waals surface area (Å²) in [5.74, 6) is -1.15. The normalized spacial score (nSPS) is 24.7. The predicted molar refractivity (Wildman–Crippen MR) is 71.5 cm³/mol. The van der Waals surface area contributed by atoms with Gasteiger partial charge in [0.2, 0.25) is 10.0 Å². The fraction of sp³-hybridized carbons (Fsp3) is 0.545. The van der Waals surface area contributed by atoms with E-state index in [1.807, 2.05) is 0 Å². The lowest BCUT2D eigenvalue weighted by molar-refractivity contribution is -0.0750. The molecule has 9 heteroatoms. The molecule has 20 heavy (non-hydrogen) atoms. The molecule has 0 amide bonds. The van der Waals surface area contributed by atoms with E-state index >= 15 is 0 Å². The highest BCUT2D eigenvalue weighted by Gasteiger charge is 2.34. The van der Waals surface area contributed by atoms with E-state index in [9.17, 15) is 13.2 Å². The second-order valence-corrected chi connectivity index (χ2v) is 7.37. The lowest BCUT2D eigenvalue weighted by Crippen LogP contribution is -2.50. The summed E-state index contributed by atoms with van der Waals surface area (Å²) in [6.45, 7) is 1.69. The molecule has 2 unspecified atom stereocenters. The average molecular weight is 321 g/mol. The molecule has 0 spiro atoms. The topological polar surface area (TPSA) is 104 Å². The fourth-order valence-corrected chi connectivity index (χ4v) is 4.66. The van der Waals surface area contributed by atoms with Gasteiger partial charge in [-0.05, 0) is 13.0 Å². The number of rotatable bonds is 4. The second-order valence-electron chi connectivity index (χ2n) is 4.53. The van der Waals surface area contributed by atoms with Crippen molar-refractivity contribution in [3.05, 3.63) is 16.3 Å². The van der Waals surface area contributed by atoms with Gasteiger partial charge < -0.3 is 14.9 Å². The number of sulfonamides is 1. The van der Waals surface area contributed by atoms with Crippen molar-refractivity contribution in [2.24, 2.45) is 0 Å². The lowest BCUT2D eigenvalue weighted by atomic mass is 10.2. The van der Waals surface area contributed by atoms with E-state index in [0.717, 1.165) is 17.4 Å². The van der Waals surface area contributed by atoms with Gasteiger partial charge in [0, 0.05) is 18.5 Å². The number of hydrogen-bond acceptors (Lipinski definition) is 6. The molecule has 2 N–H and O–H groups in total. The standard InChI is InChI=1S/C11H15NO6S2/c1-7-3-12(4-8(5-13)18-7)20(16,17)9-2-10(11(14)15)19-6-9/h2,6-8,13H,3-5H2,1H3,(H,14,15). The molecule has 7 nitrogen and oxygen atoms in total. The van der Waals surface area contributed by atoms with Gasteiger partial charge in [-0.15, -0.1) is 11.3 Å². The van der Waals surface area contributed by atoms with Gasteiger partial charge in [0.05, 0.1) is 23.7 Å². The van der Waals surface area contributed by atoms with E-state index in [2.05, 4.69) is 0 Å². The Labute approximate surface area is 120 Å². The molecule has 0 radical (unpaired) electrons. The van der Waals surface area contributed by atoms with Crippen LogP contribution in [-0.2, 0) is 14.8 Å². The van der Waals surface area contributed by atoms with Gasteiger partial charge in [0.15, 0.2) is 0 Å². The number of carbonyl (C=O) groups is 1. The maximum atomic E-state index is 12.4. The van der Waals surface area contributed by atoms with Gasteiger partial charge >= 0.3 is 5.97 Å². The highest BCUT2D eigenvalue weighted by molar-refractivity contribution is 7.89. The van der Waals surface area contributed by atoms with Crippen LogP contribution in [-0.4, -0.2) is 60.8 Å². The lowest BCUT2D eigenvalue weighted by Gasteiger charge is -2.34. The van der Waals surface area contributed by atoms with Crippen LogP contribution < -0.4 is 0 Å². The number of aromatic carboxylic acids is 1. The number of carboxylic acid groups (broad SMARTS) is 1. The number of morpholine rings is 1. The average Bonchev–Trinajstić information content (AvgIpc) is 2.88. The molecule has 1 fully saturated rings. The zero-order chi connectivity index (χ0) is 14.9. The van der Waals surface area contributed by atoms with E-state index < -0.39 is 22.1 Å². The minimum Gasteiger partial charge on any atom is -0.477 e. The largest absolute Gasteiger partial charge is 0.477 e. The van der Waals surface area contributed by atoms with Gasteiger partial charge in [0.1, 0.15) is 4.88 Å². The van der Waals surface area contributed by atoms with Crippen molar-refractivity contribution in [1.82, 2.24) is 4.31 Å². The number of hydrogen-bond donors (Lipinski definition) is 2. The molecule has 1 saturated heterocycles. The summed E-state index contributed by atoms with van der Waals surface area (Å²) in [6.07, 6.45) is -0.889. The second kappa shape index (κ2) is 5.78. The molecule has 0 bridgehead atoms. The third-order valence-electron chi connectivity index (χ3n) is 2.92. The zero-order valence-electron chi connectivity index (χ0n) is 10.7. The molecule has 1 aromatic rings. The molecule has 0 saturated carbocycles. The fourth-order valence-electron chi connectivity index (χ4n) is 2.02. The molecule has 2 heterocycles. The highest BCUT2D eigenvalue weighted by atomic mass is 32.2. The minimum absolute atomic E-state index is 0.0245. The number of nitrogens with zero attached hydrogens (tertiary/aromatic N) is 1. The molecule has 2 atom stereocenters. The van der Waals surface area contributed by atoms with Gasteiger partial charge in [-0.1, -0.05) is 0 Å². The Hall–Kier alpha value is -1.00. The van der Waals surface area contributed by atoms with E-state index in [-0.39, 0.29) is 35.6 Å². The summed E-state index contributed by atoms with van der Waals surface area (Å²) in [5.41, 5.74) is 0. The summed E-state index contributed by atoms with van der Waals surface area (Å²) >= 11 is 0.870. The van der Waals surface area contributed by atoms with Crippen LogP contribution in [0.15, 0.2) is 16.3 Å². The minimum atomic E-state index is -3.76. The number of aliphatic hydroxyl groups excluding tert-OH is 1. The van der Waals surface area contributed by atoms with Crippen LogP contribution in [0.3, 0.4) is 0 Å². The number of carboxylic acids is 1. The number of aliphatic hydroxyl groups is 1. The van der Waals surface area contributed by atoms with Gasteiger partial charge in [0.25, 0.3) is 0 Å². The van der Waals surface area contributed by atoms with Crippen molar-refractivity contribution in [3.8, 4) is 0 Å². The first-order chi connectivity index (χ1) is 9.34. The first kappa shape index (κ1) is 15.4. The summed E-state index contributed by atoms with van der Waals surface area (Å²) in [5, 5.41) is 19.3. The summed E-state index contributed by atoms with van der Waals surface area (Å²) < 4.78 is 31.5. The van der Waals surface area contributed by atoms with Crippen LogP contribution in [0, 0.1) is 0 Å². The van der Waals surface area contributed by atoms with Crippen LogP contribution in [0.4, 0.5) is 0 Å². The van der Waals surface area contributed by atoms with Crippen LogP contribution >= 0.6 is 11.3 Å². The highest BCUT2D eigenvalue weighted by Crippen LogP contribution is 2.25. The van der Waals surface area contributed by atoms with Gasteiger partial charge in [-0.2, -0.15) is 4.31 Å². The Bertz CT molecular complexity index is 596. The van der Waals surface area contributed by atoms with Gasteiger partial charge in [-0.25, -0.2) is 13.2 Å². The molecule has 1 aliphatic rings. The molecule has 1 aliphatic heterocycles. The molecule has 1 aromatic heterocycles. The summed E-state index contributed by atoms with van der Waals surface area (Å²) in [7, 11) is -3.76. The summed E-state index contributed by atoms with van der Waals surface area (Å²) in [6, 6.07) is 1.15. The Morgan fingerprint density at radius 1 is 1.55 bits per heavy atom. The Balaban J connectivity index is 2.26. The first-order valence-corrected chi connectivity index (χ1v) is 8.25. The van der Waals surface area contributed by atoms with Crippen molar-refractivity contribution in [2.75, 3.05) is 19.7 Å². The third-order valence-corrected chi connectivity index (χ3v) is 5.80. The maximum Gasteiger partial charge on any atom is 0.345 e. The zero-order valence-corrected chi connectivity index (χ0v) is 12.4. The monoisotopic (exact) mass is 321 g/mol. The van der Waals surface area contributed by atoms with Crippen molar-refractivity contribution < 1.29 is 28.2 Å². The predicted octanol–water partition coefficient (Wildman–Crippen LogP) is 0.217. The molecule has 2 rings (SSSR count). The van der Waals surface area contributed by atoms with E-state index in [0.29, 0.717) is 0 Å². The van der Waals surface area contributed by atoms with Crippen molar-refractivity contribution >= 4 is 27.3 Å². The van der Waals surface area contributed by atoms with Gasteiger partial charge in [-0.3, -0.25) is 0 Å². The number of ether oxygens (including phenoxy) is 1. The van der Waals surface area contributed by atoms with Crippen molar-refractivity contribution in [1.29, 1.82) is 0 Å². The third kappa shape index (κ3) is 3.01. The SMILES string of the molecule is CC1CN(S(=O)(=O)c2csc(C(=O)O)c2)CC(CO)O1. The number of thiophene rings is 1. The smallest absolute Gasteiger partial charge is 0.345 e. The van der Waals surface area contributed by atoms with Crippen LogP contribution in [0.25, 0.3) is 0 Å². The first-order valence-electron chi connectivity index (χ1n) is 5.93.